The second-order valence-corrected chi connectivity index (χ2v) is 7.08. The van der Waals surface area contributed by atoms with Gasteiger partial charge in [0.15, 0.2) is 0 Å². The minimum Gasteiger partial charge on any atom is -0.355 e. The van der Waals surface area contributed by atoms with Crippen LogP contribution in [0.25, 0.3) is 0 Å². The maximum Gasteiger partial charge on any atom is 0.230 e. The predicted octanol–water partition coefficient (Wildman–Crippen LogP) is 4.14. The number of rotatable bonds is 8. The van der Waals surface area contributed by atoms with Crippen molar-refractivity contribution in [1.82, 2.24) is 5.32 Å². The summed E-state index contributed by atoms with van der Waals surface area (Å²) in [6.07, 6.45) is 0. The first-order valence-corrected chi connectivity index (χ1v) is 9.46. The molecule has 0 fully saturated rings. The SMILES string of the molecule is Cc1ccccc1CSCCNC(=O)CSc1ccccc1. The Morgan fingerprint density at radius 2 is 1.77 bits per heavy atom. The molecule has 2 aromatic rings. The lowest BCUT2D eigenvalue weighted by molar-refractivity contribution is -0.118. The first-order valence-electron chi connectivity index (χ1n) is 7.32. The molecule has 0 saturated carbocycles. The molecular weight excluding hydrogens is 310 g/mol. The molecule has 0 aliphatic rings. The van der Waals surface area contributed by atoms with E-state index in [1.54, 1.807) is 11.8 Å². The first-order chi connectivity index (χ1) is 10.8. The van der Waals surface area contributed by atoms with Gasteiger partial charge in [0.1, 0.15) is 0 Å². The van der Waals surface area contributed by atoms with Gasteiger partial charge in [-0.15, -0.1) is 11.8 Å². The smallest absolute Gasteiger partial charge is 0.230 e. The largest absolute Gasteiger partial charge is 0.355 e. The van der Waals surface area contributed by atoms with Crippen molar-refractivity contribution >= 4 is 29.4 Å². The number of hydrogen-bond acceptors (Lipinski definition) is 3. The molecule has 116 valence electrons. The molecular formula is C18H21NOS2. The summed E-state index contributed by atoms with van der Waals surface area (Å²) in [5, 5.41) is 2.97. The fourth-order valence-electron chi connectivity index (χ4n) is 1.93. The van der Waals surface area contributed by atoms with Gasteiger partial charge in [0.2, 0.25) is 5.91 Å². The van der Waals surface area contributed by atoms with E-state index in [2.05, 4.69) is 36.5 Å². The summed E-state index contributed by atoms with van der Waals surface area (Å²) in [5.74, 6) is 2.52. The van der Waals surface area contributed by atoms with Crippen molar-refractivity contribution in [2.45, 2.75) is 17.6 Å². The molecule has 2 aromatic carbocycles. The van der Waals surface area contributed by atoms with E-state index in [-0.39, 0.29) is 5.91 Å². The van der Waals surface area contributed by atoms with Crippen LogP contribution in [-0.2, 0) is 10.5 Å². The molecule has 2 nitrogen and oxygen atoms in total. The number of nitrogens with one attached hydrogen (secondary N) is 1. The maximum absolute atomic E-state index is 11.8. The molecule has 0 radical (unpaired) electrons. The molecule has 0 spiro atoms. The molecule has 0 unspecified atom stereocenters. The maximum atomic E-state index is 11.8. The van der Waals surface area contributed by atoms with Crippen molar-refractivity contribution in [3.05, 3.63) is 65.7 Å². The van der Waals surface area contributed by atoms with E-state index in [1.807, 2.05) is 42.1 Å². The number of carbonyl (C=O) groups excluding carboxylic acids is 1. The van der Waals surface area contributed by atoms with Gasteiger partial charge >= 0.3 is 0 Å². The molecule has 1 N–H and O–H groups in total. The standard InChI is InChI=1S/C18H21NOS2/c1-15-7-5-6-8-16(15)13-21-12-11-19-18(20)14-22-17-9-3-2-4-10-17/h2-10H,11-14H2,1H3,(H,19,20). The second-order valence-electron chi connectivity index (χ2n) is 4.93. The van der Waals surface area contributed by atoms with Gasteiger partial charge in [-0.1, -0.05) is 42.5 Å². The van der Waals surface area contributed by atoms with Crippen molar-refractivity contribution in [1.29, 1.82) is 0 Å². The van der Waals surface area contributed by atoms with Crippen LogP contribution >= 0.6 is 23.5 Å². The molecule has 0 aliphatic carbocycles. The number of aryl methyl sites for hydroxylation is 1. The summed E-state index contributed by atoms with van der Waals surface area (Å²) < 4.78 is 0. The number of carbonyl (C=O) groups is 1. The zero-order valence-electron chi connectivity index (χ0n) is 12.7. The van der Waals surface area contributed by atoms with Gasteiger partial charge in [-0.2, -0.15) is 11.8 Å². The summed E-state index contributed by atoms with van der Waals surface area (Å²) in [4.78, 5) is 12.9. The van der Waals surface area contributed by atoms with E-state index < -0.39 is 0 Å². The highest BCUT2D eigenvalue weighted by molar-refractivity contribution is 8.00. The molecule has 0 atom stereocenters. The van der Waals surface area contributed by atoms with Gasteiger partial charge in [-0.25, -0.2) is 0 Å². The Kier molecular flexibility index (Phi) is 7.40. The quantitative estimate of drug-likeness (QED) is 0.582. The van der Waals surface area contributed by atoms with Gasteiger partial charge in [-0.3, -0.25) is 4.79 Å². The van der Waals surface area contributed by atoms with Crippen molar-refractivity contribution in [3.63, 3.8) is 0 Å². The van der Waals surface area contributed by atoms with Crippen LogP contribution in [0.15, 0.2) is 59.5 Å². The summed E-state index contributed by atoms with van der Waals surface area (Å²) in [5.41, 5.74) is 2.71. The molecule has 22 heavy (non-hydrogen) atoms. The average Bonchev–Trinajstić information content (AvgIpc) is 2.55. The highest BCUT2D eigenvalue weighted by Crippen LogP contribution is 2.17. The van der Waals surface area contributed by atoms with Crippen LogP contribution < -0.4 is 5.32 Å². The third kappa shape index (κ3) is 6.16. The normalized spacial score (nSPS) is 10.4. The van der Waals surface area contributed by atoms with Crippen LogP contribution in [-0.4, -0.2) is 24.0 Å². The van der Waals surface area contributed by atoms with E-state index in [9.17, 15) is 4.79 Å². The van der Waals surface area contributed by atoms with Gasteiger partial charge in [0.25, 0.3) is 0 Å². The Balaban J connectivity index is 1.57. The van der Waals surface area contributed by atoms with E-state index in [0.29, 0.717) is 5.75 Å². The lowest BCUT2D eigenvalue weighted by Crippen LogP contribution is -2.27. The third-order valence-corrected chi connectivity index (χ3v) is 5.22. The minimum absolute atomic E-state index is 0.102. The second kappa shape index (κ2) is 9.59. The molecule has 0 bridgehead atoms. The van der Waals surface area contributed by atoms with E-state index in [1.165, 1.54) is 11.1 Å². The van der Waals surface area contributed by atoms with Gasteiger partial charge < -0.3 is 5.32 Å². The van der Waals surface area contributed by atoms with Crippen LogP contribution in [0, 0.1) is 6.92 Å². The fourth-order valence-corrected chi connectivity index (χ4v) is 3.62. The van der Waals surface area contributed by atoms with Crippen molar-refractivity contribution in [2.24, 2.45) is 0 Å². The van der Waals surface area contributed by atoms with Crippen LogP contribution in [0.4, 0.5) is 0 Å². The first kappa shape index (κ1) is 17.0. The zero-order chi connectivity index (χ0) is 15.6. The van der Waals surface area contributed by atoms with E-state index in [4.69, 9.17) is 0 Å². The molecule has 2 rings (SSSR count). The lowest BCUT2D eigenvalue weighted by atomic mass is 10.1. The van der Waals surface area contributed by atoms with Gasteiger partial charge in [0, 0.05) is 22.9 Å². The molecule has 1 amide bonds. The molecule has 0 heterocycles. The zero-order valence-corrected chi connectivity index (χ0v) is 14.4. The Hall–Kier alpha value is -1.39. The average molecular weight is 332 g/mol. The number of thioether (sulfide) groups is 2. The summed E-state index contributed by atoms with van der Waals surface area (Å²) in [6.45, 7) is 2.86. The van der Waals surface area contributed by atoms with Crippen LogP contribution in [0.5, 0.6) is 0 Å². The monoisotopic (exact) mass is 331 g/mol. The van der Waals surface area contributed by atoms with Crippen molar-refractivity contribution in [2.75, 3.05) is 18.1 Å². The fraction of sp³-hybridized carbons (Fsp3) is 0.278. The van der Waals surface area contributed by atoms with E-state index >= 15 is 0 Å². The minimum atomic E-state index is 0.102. The predicted molar refractivity (Wildman–Crippen MR) is 97.5 cm³/mol. The summed E-state index contributed by atoms with van der Waals surface area (Å²) in [7, 11) is 0. The number of benzene rings is 2. The van der Waals surface area contributed by atoms with Gasteiger partial charge in [-0.05, 0) is 30.2 Å². The van der Waals surface area contributed by atoms with Crippen molar-refractivity contribution in [3.8, 4) is 0 Å². The Morgan fingerprint density at radius 3 is 2.55 bits per heavy atom. The number of hydrogen-bond donors (Lipinski definition) is 1. The molecule has 0 aromatic heterocycles. The topological polar surface area (TPSA) is 29.1 Å². The lowest BCUT2D eigenvalue weighted by Gasteiger charge is -2.07. The Labute approximate surface area is 141 Å². The van der Waals surface area contributed by atoms with Crippen LogP contribution in [0.2, 0.25) is 0 Å². The summed E-state index contributed by atoms with van der Waals surface area (Å²) >= 11 is 3.43. The molecule has 0 aliphatic heterocycles. The van der Waals surface area contributed by atoms with Crippen LogP contribution in [0.3, 0.4) is 0 Å². The van der Waals surface area contributed by atoms with E-state index in [0.717, 1.165) is 22.9 Å². The molecule has 4 heteroatoms. The number of amides is 1. The third-order valence-electron chi connectivity index (χ3n) is 3.20. The highest BCUT2D eigenvalue weighted by Gasteiger charge is 2.02. The van der Waals surface area contributed by atoms with Crippen LogP contribution in [0.1, 0.15) is 11.1 Å². The van der Waals surface area contributed by atoms with Gasteiger partial charge in [0.05, 0.1) is 5.75 Å². The highest BCUT2D eigenvalue weighted by atomic mass is 32.2. The summed E-state index contributed by atoms with van der Waals surface area (Å²) in [6, 6.07) is 18.4. The Bertz CT molecular complexity index is 587. The Morgan fingerprint density at radius 1 is 1.05 bits per heavy atom. The molecule has 0 saturated heterocycles. The van der Waals surface area contributed by atoms with Crippen molar-refractivity contribution < 1.29 is 4.79 Å².